The van der Waals surface area contributed by atoms with Gasteiger partial charge in [-0.25, -0.2) is 9.78 Å². The molecule has 2 aromatic heterocycles. The molecule has 0 atom stereocenters. The van der Waals surface area contributed by atoms with E-state index in [1.807, 2.05) is 36.4 Å². The molecule has 10 heteroatoms. The van der Waals surface area contributed by atoms with Crippen LogP contribution in [0.25, 0.3) is 22.2 Å². The Kier molecular flexibility index (Phi) is 8.65. The first-order chi connectivity index (χ1) is 18.1. The number of nitrogens with zero attached hydrogens (tertiary/aromatic N) is 4. The maximum Gasteiger partial charge on any atom is 0.336 e. The monoisotopic (exact) mass is 506 g/mol. The number of ether oxygens (including phenoxy) is 4. The predicted octanol–water partition coefficient (Wildman–Crippen LogP) is 4.55. The number of unbranched alkanes of at least 4 members (excludes halogenated alkanes) is 1. The van der Waals surface area contributed by atoms with E-state index in [-0.39, 0.29) is 25.0 Å². The Labute approximate surface area is 214 Å². The Morgan fingerprint density at radius 1 is 0.946 bits per heavy atom. The van der Waals surface area contributed by atoms with E-state index in [4.69, 9.17) is 23.9 Å². The van der Waals surface area contributed by atoms with Crippen molar-refractivity contribution in [1.82, 2.24) is 19.7 Å². The number of fused-ring (bicyclic) bond motifs is 1. The highest BCUT2D eigenvalue weighted by Crippen LogP contribution is 2.32. The fourth-order valence-electron chi connectivity index (χ4n) is 4.06. The summed E-state index contributed by atoms with van der Waals surface area (Å²) in [5.41, 5.74) is 3.96. The average Bonchev–Trinajstić information content (AvgIpc) is 3.28. The molecule has 4 rings (SSSR count). The average molecular weight is 507 g/mol. The van der Waals surface area contributed by atoms with Crippen molar-refractivity contribution in [3.63, 3.8) is 0 Å². The minimum absolute atomic E-state index is 0.00914. The number of hydrogen-bond acceptors (Lipinski definition) is 8. The summed E-state index contributed by atoms with van der Waals surface area (Å²) in [7, 11) is 3.07. The van der Waals surface area contributed by atoms with E-state index in [0.717, 1.165) is 36.2 Å². The highest BCUT2D eigenvalue weighted by molar-refractivity contribution is 5.96. The van der Waals surface area contributed by atoms with Crippen LogP contribution in [0, 0.1) is 0 Å². The van der Waals surface area contributed by atoms with Gasteiger partial charge in [0.15, 0.2) is 19.1 Å². The van der Waals surface area contributed by atoms with Crippen molar-refractivity contribution in [3.05, 3.63) is 65.5 Å². The minimum Gasteiger partial charge on any atom is -0.478 e. The summed E-state index contributed by atoms with van der Waals surface area (Å²) in [6.07, 6.45) is 2.72. The summed E-state index contributed by atoms with van der Waals surface area (Å²) >= 11 is 0. The molecule has 1 N–H and O–H groups in total. The number of aromatic nitrogens is 4. The summed E-state index contributed by atoms with van der Waals surface area (Å²) in [5, 5.41) is 17.9. The number of carboxylic acid groups (broad SMARTS) is 1. The highest BCUT2D eigenvalue weighted by atomic mass is 16.7. The number of methoxy groups -OCH3 is 2. The van der Waals surface area contributed by atoms with E-state index in [1.54, 1.807) is 12.1 Å². The molecule has 4 aromatic rings. The molecule has 0 bridgehead atoms. The van der Waals surface area contributed by atoms with Gasteiger partial charge in [0.2, 0.25) is 0 Å². The Morgan fingerprint density at radius 3 is 2.30 bits per heavy atom. The Balaban J connectivity index is 1.76. The molecule has 0 aliphatic carbocycles. The Bertz CT molecular complexity index is 1350. The molecule has 0 amide bonds. The Hall–Kier alpha value is -4.02. The van der Waals surface area contributed by atoms with Crippen LogP contribution in [0.2, 0.25) is 0 Å². The third kappa shape index (κ3) is 5.87. The van der Waals surface area contributed by atoms with Crippen molar-refractivity contribution >= 4 is 17.0 Å². The second-order valence-electron chi connectivity index (χ2n) is 8.37. The summed E-state index contributed by atoms with van der Waals surface area (Å²) in [6, 6.07) is 14.8. The quantitative estimate of drug-likeness (QED) is 0.261. The number of hydrogen-bond donors (Lipinski definition) is 1. The van der Waals surface area contributed by atoms with Crippen molar-refractivity contribution in [3.8, 4) is 22.9 Å². The van der Waals surface area contributed by atoms with Crippen LogP contribution in [0.3, 0.4) is 0 Å². The summed E-state index contributed by atoms with van der Waals surface area (Å²) in [6.45, 7) is 2.65. The zero-order valence-corrected chi connectivity index (χ0v) is 21.1. The summed E-state index contributed by atoms with van der Waals surface area (Å²) < 4.78 is 23.6. The molecule has 194 valence electrons. The second-order valence-corrected chi connectivity index (χ2v) is 8.37. The number of aryl methyl sites for hydroxylation is 1. The molecule has 0 saturated heterocycles. The van der Waals surface area contributed by atoms with Gasteiger partial charge in [-0.2, -0.15) is 0 Å². The van der Waals surface area contributed by atoms with E-state index in [2.05, 4.69) is 21.7 Å². The predicted molar refractivity (Wildman–Crippen MR) is 137 cm³/mol. The van der Waals surface area contributed by atoms with Crippen molar-refractivity contribution < 1.29 is 28.8 Å². The highest BCUT2D eigenvalue weighted by Gasteiger charge is 2.22. The lowest BCUT2D eigenvalue weighted by Gasteiger charge is -2.13. The van der Waals surface area contributed by atoms with E-state index in [0.29, 0.717) is 29.0 Å². The van der Waals surface area contributed by atoms with Crippen LogP contribution in [0.5, 0.6) is 11.8 Å². The molecule has 2 heterocycles. The summed E-state index contributed by atoms with van der Waals surface area (Å²) in [4.78, 5) is 16.5. The van der Waals surface area contributed by atoms with Crippen molar-refractivity contribution in [2.24, 2.45) is 0 Å². The van der Waals surface area contributed by atoms with Crippen LogP contribution in [-0.2, 0) is 22.4 Å². The van der Waals surface area contributed by atoms with Gasteiger partial charge in [0, 0.05) is 27.2 Å². The molecule has 0 unspecified atom stereocenters. The number of rotatable bonds is 13. The molecule has 0 aliphatic rings. The Morgan fingerprint density at radius 2 is 1.62 bits per heavy atom. The molecular weight excluding hydrogens is 476 g/mol. The van der Waals surface area contributed by atoms with Crippen molar-refractivity contribution in [2.45, 2.75) is 32.7 Å². The maximum absolute atomic E-state index is 11.7. The van der Waals surface area contributed by atoms with Gasteiger partial charge in [-0.1, -0.05) is 55.8 Å². The van der Waals surface area contributed by atoms with E-state index < -0.39 is 5.97 Å². The lowest BCUT2D eigenvalue weighted by atomic mass is 9.99. The van der Waals surface area contributed by atoms with Crippen LogP contribution >= 0.6 is 0 Å². The second kappa shape index (κ2) is 12.3. The summed E-state index contributed by atoms with van der Waals surface area (Å²) in [5.74, 6) is 0.459. The van der Waals surface area contributed by atoms with Gasteiger partial charge in [0.1, 0.15) is 11.3 Å². The van der Waals surface area contributed by atoms with Crippen LogP contribution in [0.1, 0.15) is 41.5 Å². The molecule has 0 radical (unpaired) electrons. The van der Waals surface area contributed by atoms with Gasteiger partial charge >= 0.3 is 5.97 Å². The van der Waals surface area contributed by atoms with Crippen LogP contribution in [0.4, 0.5) is 0 Å². The largest absolute Gasteiger partial charge is 0.478 e. The molecule has 37 heavy (non-hydrogen) atoms. The van der Waals surface area contributed by atoms with Crippen LogP contribution < -0.4 is 9.47 Å². The molecule has 0 fully saturated rings. The maximum atomic E-state index is 11.7. The van der Waals surface area contributed by atoms with Gasteiger partial charge in [0.25, 0.3) is 11.8 Å². The minimum atomic E-state index is -0.957. The van der Waals surface area contributed by atoms with Gasteiger partial charge in [-0.05, 0) is 29.2 Å². The van der Waals surface area contributed by atoms with Crippen molar-refractivity contribution in [1.29, 1.82) is 0 Å². The molecule has 0 saturated carbocycles. The molecule has 0 spiro atoms. The fraction of sp³-hybridized carbons (Fsp3) is 0.333. The van der Waals surface area contributed by atoms with Gasteiger partial charge in [-0.3, -0.25) is 0 Å². The normalized spacial score (nSPS) is 11.1. The number of carboxylic acids is 1. The number of aromatic carboxylic acids is 1. The van der Waals surface area contributed by atoms with E-state index >= 15 is 0 Å². The van der Waals surface area contributed by atoms with E-state index in [9.17, 15) is 9.90 Å². The van der Waals surface area contributed by atoms with E-state index in [1.165, 1.54) is 14.2 Å². The fourth-order valence-corrected chi connectivity index (χ4v) is 4.06. The topological polar surface area (TPSA) is 118 Å². The zero-order chi connectivity index (χ0) is 26.2. The molecule has 2 aromatic carbocycles. The van der Waals surface area contributed by atoms with Crippen LogP contribution in [-0.4, -0.2) is 58.6 Å². The van der Waals surface area contributed by atoms with Gasteiger partial charge in [0.05, 0.1) is 5.56 Å². The smallest absolute Gasteiger partial charge is 0.336 e. The number of benzene rings is 2. The lowest BCUT2D eigenvalue weighted by molar-refractivity contribution is 0.0435. The molecule has 0 aliphatic heterocycles. The number of carbonyl (C=O) groups is 1. The molecular formula is C27H30N4O6. The van der Waals surface area contributed by atoms with Crippen LogP contribution in [0.15, 0.2) is 48.5 Å². The SMILES string of the molecule is CCCCc1nc2c(OCOC)nnc(OCOC)c2n1Cc1ccc(-c2ccccc2C(=O)O)cc1. The third-order valence-corrected chi connectivity index (χ3v) is 5.83. The molecule has 10 nitrogen and oxygen atoms in total. The van der Waals surface area contributed by atoms with Gasteiger partial charge in [-0.15, -0.1) is 10.2 Å². The van der Waals surface area contributed by atoms with Crippen molar-refractivity contribution in [2.75, 3.05) is 27.8 Å². The lowest BCUT2D eigenvalue weighted by Crippen LogP contribution is -2.09. The van der Waals surface area contributed by atoms with Gasteiger partial charge < -0.3 is 28.6 Å². The third-order valence-electron chi connectivity index (χ3n) is 5.83. The zero-order valence-electron chi connectivity index (χ0n) is 21.1. The number of imidazole rings is 1. The first-order valence-corrected chi connectivity index (χ1v) is 12.0. The first kappa shape index (κ1) is 26.1. The first-order valence-electron chi connectivity index (χ1n) is 12.0. The standard InChI is InChI=1S/C27H30N4O6/c1-4-5-10-22-28-23-24(26(37-17-35-3)30-29-25(23)36-16-34-2)31(22)15-18-11-13-19(14-12-18)20-8-6-7-9-21(20)27(32)33/h6-9,11-14H,4-5,10,15-17H2,1-3H3,(H,32,33).